The summed E-state index contributed by atoms with van der Waals surface area (Å²) in [6, 6.07) is 3.94. The molecule has 0 bridgehead atoms. The second-order valence-corrected chi connectivity index (χ2v) is 7.62. The van der Waals surface area contributed by atoms with Gasteiger partial charge in [0.25, 0.3) is 0 Å². The lowest BCUT2D eigenvalue weighted by Gasteiger charge is -2.23. The second kappa shape index (κ2) is 7.82. The molecule has 0 spiro atoms. The van der Waals surface area contributed by atoms with Crippen molar-refractivity contribution in [3.8, 4) is 5.75 Å². The van der Waals surface area contributed by atoms with Gasteiger partial charge >= 0.3 is 5.97 Å². The van der Waals surface area contributed by atoms with Crippen LogP contribution in [0.5, 0.6) is 5.75 Å². The predicted molar refractivity (Wildman–Crippen MR) is 94.0 cm³/mol. The average molecular weight is 321 g/mol. The normalized spacial score (nSPS) is 13.2. The molecule has 0 aliphatic heterocycles. The van der Waals surface area contributed by atoms with Gasteiger partial charge in [0.05, 0.1) is 0 Å². The van der Waals surface area contributed by atoms with Crippen LogP contribution in [0.1, 0.15) is 50.8 Å². The van der Waals surface area contributed by atoms with Crippen LogP contribution < -0.4 is 0 Å². The van der Waals surface area contributed by atoms with Crippen molar-refractivity contribution in [2.24, 2.45) is 0 Å². The molecule has 0 aliphatic rings. The Morgan fingerprint density at radius 3 is 2.43 bits per heavy atom. The average Bonchev–Trinajstić information content (AvgIpc) is 2.37. The van der Waals surface area contributed by atoms with Crippen molar-refractivity contribution in [1.29, 1.82) is 0 Å². The molecule has 0 amide bonds. The van der Waals surface area contributed by atoms with Gasteiger partial charge in [-0.25, -0.2) is 0 Å². The monoisotopic (exact) mass is 321 g/mol. The standard InChI is InChI=1S/C19H31NO3/c1-13-10-15(11-16(18(13)22)19(3,4)5)8-9-17(21)23-14(2)12-20(6)7/h10-11,14,22H,8-9,12H2,1-7H3. The molecule has 4 nitrogen and oxygen atoms in total. The Bertz CT molecular complexity index is 544. The van der Waals surface area contributed by atoms with Gasteiger partial charge in [-0.2, -0.15) is 0 Å². The fourth-order valence-electron chi connectivity index (χ4n) is 2.65. The molecule has 23 heavy (non-hydrogen) atoms. The Morgan fingerprint density at radius 1 is 1.30 bits per heavy atom. The molecule has 0 saturated heterocycles. The van der Waals surface area contributed by atoms with Gasteiger partial charge in [0.1, 0.15) is 11.9 Å². The van der Waals surface area contributed by atoms with E-state index < -0.39 is 0 Å². The SMILES string of the molecule is Cc1cc(CCC(=O)OC(C)CN(C)C)cc(C(C)(C)C)c1O. The molecule has 0 aliphatic carbocycles. The lowest BCUT2D eigenvalue weighted by Crippen LogP contribution is -2.28. The van der Waals surface area contributed by atoms with E-state index in [-0.39, 0.29) is 17.5 Å². The molecule has 130 valence electrons. The number of aryl methyl sites for hydroxylation is 2. The lowest BCUT2D eigenvalue weighted by molar-refractivity contribution is -0.148. The summed E-state index contributed by atoms with van der Waals surface area (Å²) in [5.41, 5.74) is 2.69. The number of rotatable bonds is 6. The van der Waals surface area contributed by atoms with Crippen molar-refractivity contribution >= 4 is 5.97 Å². The first-order valence-corrected chi connectivity index (χ1v) is 8.18. The molecule has 1 unspecified atom stereocenters. The molecule has 1 N–H and O–H groups in total. The van der Waals surface area contributed by atoms with Crippen LogP contribution >= 0.6 is 0 Å². The van der Waals surface area contributed by atoms with Crippen LogP contribution in [-0.2, 0) is 21.4 Å². The van der Waals surface area contributed by atoms with Crippen molar-refractivity contribution in [2.75, 3.05) is 20.6 Å². The zero-order valence-electron chi connectivity index (χ0n) is 15.6. The number of aromatic hydroxyl groups is 1. The van der Waals surface area contributed by atoms with Gasteiger partial charge in [-0.15, -0.1) is 0 Å². The van der Waals surface area contributed by atoms with Crippen molar-refractivity contribution in [2.45, 2.75) is 59.0 Å². The Morgan fingerprint density at radius 2 is 1.91 bits per heavy atom. The third-order valence-corrected chi connectivity index (χ3v) is 3.74. The highest BCUT2D eigenvalue weighted by molar-refractivity contribution is 5.70. The van der Waals surface area contributed by atoms with Crippen LogP contribution in [0.2, 0.25) is 0 Å². The van der Waals surface area contributed by atoms with Crippen molar-refractivity contribution in [1.82, 2.24) is 4.90 Å². The summed E-state index contributed by atoms with van der Waals surface area (Å²) in [7, 11) is 3.91. The van der Waals surface area contributed by atoms with Crippen LogP contribution in [-0.4, -0.2) is 42.7 Å². The third-order valence-electron chi connectivity index (χ3n) is 3.74. The maximum absolute atomic E-state index is 12.0. The van der Waals surface area contributed by atoms with E-state index in [9.17, 15) is 9.90 Å². The number of hydrogen-bond donors (Lipinski definition) is 1. The minimum absolute atomic E-state index is 0.107. The molecule has 4 heteroatoms. The molecule has 1 aromatic rings. The van der Waals surface area contributed by atoms with Gasteiger partial charge in [-0.05, 0) is 56.5 Å². The topological polar surface area (TPSA) is 49.8 Å². The highest BCUT2D eigenvalue weighted by Gasteiger charge is 2.20. The Hall–Kier alpha value is -1.55. The number of phenolic OH excluding ortho intramolecular Hbond substituents is 1. The summed E-state index contributed by atoms with van der Waals surface area (Å²) in [6.07, 6.45) is 0.868. The predicted octanol–water partition coefficient (Wildman–Crippen LogP) is 3.42. The van der Waals surface area contributed by atoms with Gasteiger partial charge in [-0.1, -0.05) is 32.9 Å². The molecular formula is C19H31NO3. The summed E-state index contributed by atoms with van der Waals surface area (Å²) in [4.78, 5) is 13.9. The maximum Gasteiger partial charge on any atom is 0.306 e. The van der Waals surface area contributed by atoms with E-state index in [0.29, 0.717) is 18.6 Å². The van der Waals surface area contributed by atoms with E-state index in [0.717, 1.165) is 23.2 Å². The van der Waals surface area contributed by atoms with Crippen molar-refractivity contribution in [3.63, 3.8) is 0 Å². The molecule has 1 aromatic carbocycles. The Kier molecular flexibility index (Phi) is 6.63. The van der Waals surface area contributed by atoms with Crippen LogP contribution in [0, 0.1) is 6.92 Å². The van der Waals surface area contributed by atoms with Gasteiger partial charge in [-0.3, -0.25) is 4.79 Å². The quantitative estimate of drug-likeness (QED) is 0.816. The van der Waals surface area contributed by atoms with E-state index >= 15 is 0 Å². The summed E-state index contributed by atoms with van der Waals surface area (Å²) < 4.78 is 5.40. The number of benzene rings is 1. The van der Waals surface area contributed by atoms with Gasteiger partial charge in [0.15, 0.2) is 0 Å². The zero-order chi connectivity index (χ0) is 17.8. The fraction of sp³-hybridized carbons (Fsp3) is 0.632. The second-order valence-electron chi connectivity index (χ2n) is 7.62. The van der Waals surface area contributed by atoms with E-state index in [4.69, 9.17) is 4.74 Å². The third kappa shape index (κ3) is 6.22. The molecule has 1 rings (SSSR count). The van der Waals surface area contributed by atoms with Crippen molar-refractivity contribution < 1.29 is 14.6 Å². The maximum atomic E-state index is 12.0. The van der Waals surface area contributed by atoms with Gasteiger partial charge in [0.2, 0.25) is 0 Å². The van der Waals surface area contributed by atoms with E-state index in [1.165, 1.54) is 0 Å². The molecule has 1 atom stereocenters. The highest BCUT2D eigenvalue weighted by Crippen LogP contribution is 2.34. The number of ether oxygens (including phenoxy) is 1. The van der Waals surface area contributed by atoms with Crippen LogP contribution in [0.15, 0.2) is 12.1 Å². The smallest absolute Gasteiger partial charge is 0.306 e. The highest BCUT2D eigenvalue weighted by atomic mass is 16.5. The summed E-state index contributed by atoms with van der Waals surface area (Å²) in [6.45, 7) is 10.7. The molecule has 0 saturated carbocycles. The van der Waals surface area contributed by atoms with Crippen molar-refractivity contribution in [3.05, 3.63) is 28.8 Å². The molecule has 0 heterocycles. The van der Waals surface area contributed by atoms with Crippen LogP contribution in [0.25, 0.3) is 0 Å². The van der Waals surface area contributed by atoms with Crippen LogP contribution in [0.4, 0.5) is 0 Å². The number of hydrogen-bond acceptors (Lipinski definition) is 4. The van der Waals surface area contributed by atoms with E-state index in [1.807, 2.05) is 45.0 Å². The van der Waals surface area contributed by atoms with Gasteiger partial charge < -0.3 is 14.7 Å². The first-order chi connectivity index (χ1) is 10.5. The summed E-state index contributed by atoms with van der Waals surface area (Å²) >= 11 is 0. The minimum Gasteiger partial charge on any atom is -0.507 e. The fourth-order valence-corrected chi connectivity index (χ4v) is 2.65. The number of carbonyl (C=O) groups excluding carboxylic acids is 1. The molecule has 0 fully saturated rings. The van der Waals surface area contributed by atoms with Gasteiger partial charge in [0, 0.05) is 13.0 Å². The Balaban J connectivity index is 2.72. The molecular weight excluding hydrogens is 290 g/mol. The minimum atomic E-state index is -0.178. The summed E-state index contributed by atoms with van der Waals surface area (Å²) in [5.74, 6) is 0.172. The zero-order valence-corrected chi connectivity index (χ0v) is 15.6. The molecule has 0 aromatic heterocycles. The van der Waals surface area contributed by atoms with E-state index in [2.05, 4.69) is 20.8 Å². The first-order valence-electron chi connectivity index (χ1n) is 8.18. The number of carbonyl (C=O) groups is 1. The summed E-state index contributed by atoms with van der Waals surface area (Å²) in [5, 5.41) is 10.2. The lowest BCUT2D eigenvalue weighted by atomic mass is 9.83. The molecule has 0 radical (unpaired) electrons. The number of nitrogens with zero attached hydrogens (tertiary/aromatic N) is 1. The van der Waals surface area contributed by atoms with Crippen LogP contribution in [0.3, 0.4) is 0 Å². The number of esters is 1. The first kappa shape index (κ1) is 19.5. The van der Waals surface area contributed by atoms with E-state index in [1.54, 1.807) is 0 Å². The number of phenols is 1. The Labute approximate surface area is 140 Å². The largest absolute Gasteiger partial charge is 0.507 e. The number of likely N-dealkylation sites (N-methyl/N-ethyl adjacent to an activating group) is 1.